The quantitative estimate of drug-likeness (QED) is 0.410. The van der Waals surface area contributed by atoms with Gasteiger partial charge in [-0.3, -0.25) is 9.67 Å². The highest BCUT2D eigenvalue weighted by Gasteiger charge is 2.36. The molecule has 0 saturated carbocycles. The third-order valence-electron chi connectivity index (χ3n) is 6.56. The van der Waals surface area contributed by atoms with E-state index in [1.165, 1.54) is 18.3 Å². The van der Waals surface area contributed by atoms with E-state index in [4.69, 9.17) is 10.5 Å². The maximum Gasteiger partial charge on any atom is 0.170 e. The molecule has 0 radical (unpaired) electrons. The summed E-state index contributed by atoms with van der Waals surface area (Å²) in [6.07, 6.45) is 4.28. The second kappa shape index (κ2) is 7.35. The standard InChI is InChI=1S/C25H18F2N6O/c1-12-17-7-14(26)2-3-15(17)18-10-30-11-19(27)23(18)16-4-5-33-24(16)22(20(8-28)32-33)13-6-21(34-12)25(29)31-9-13/h2-3,6-7,9-12,16H,4-5H2,1H3,(H2,29,31)/t12-,16?/m1/s1. The summed E-state index contributed by atoms with van der Waals surface area (Å²) in [5.41, 5.74) is 10.3. The van der Waals surface area contributed by atoms with Gasteiger partial charge in [0.1, 0.15) is 23.8 Å². The first kappa shape index (κ1) is 20.3. The van der Waals surface area contributed by atoms with Gasteiger partial charge < -0.3 is 10.5 Å². The number of nitrogens with two attached hydrogens (primary N) is 1. The Bertz CT molecular complexity index is 1520. The first-order chi connectivity index (χ1) is 16.5. The van der Waals surface area contributed by atoms with E-state index in [1.54, 1.807) is 36.1 Å². The number of rotatable bonds is 0. The molecule has 1 aromatic carbocycles. The number of aromatic nitrogens is 4. The molecular formula is C25H18F2N6O. The molecule has 0 fully saturated rings. The zero-order valence-electron chi connectivity index (χ0n) is 18.1. The molecule has 34 heavy (non-hydrogen) atoms. The van der Waals surface area contributed by atoms with Gasteiger partial charge in [0, 0.05) is 52.7 Å². The van der Waals surface area contributed by atoms with Crippen LogP contribution in [0.2, 0.25) is 0 Å². The van der Waals surface area contributed by atoms with Gasteiger partial charge in [-0.25, -0.2) is 13.8 Å². The van der Waals surface area contributed by atoms with Crippen molar-refractivity contribution in [2.45, 2.75) is 31.9 Å². The molecule has 0 saturated heterocycles. The average Bonchev–Trinajstić information content (AvgIpc) is 3.39. The molecule has 5 heterocycles. The van der Waals surface area contributed by atoms with Gasteiger partial charge in [0.05, 0.1) is 11.9 Å². The van der Waals surface area contributed by atoms with Crippen LogP contribution in [0.5, 0.6) is 5.75 Å². The van der Waals surface area contributed by atoms with Crippen molar-refractivity contribution in [2.24, 2.45) is 0 Å². The summed E-state index contributed by atoms with van der Waals surface area (Å²) in [4.78, 5) is 8.37. The number of nitriles is 1. The van der Waals surface area contributed by atoms with Crippen LogP contribution >= 0.6 is 0 Å². The summed E-state index contributed by atoms with van der Waals surface area (Å²) in [6.45, 7) is 2.29. The van der Waals surface area contributed by atoms with Gasteiger partial charge in [-0.1, -0.05) is 6.07 Å². The van der Waals surface area contributed by atoms with Crippen LogP contribution in [0.15, 0.2) is 42.9 Å². The van der Waals surface area contributed by atoms with Gasteiger partial charge in [-0.2, -0.15) is 10.4 Å². The number of anilines is 1. The number of fused-ring (bicyclic) bond motifs is 7. The smallest absolute Gasteiger partial charge is 0.170 e. The molecule has 9 heteroatoms. The molecule has 0 amide bonds. The molecule has 2 bridgehead atoms. The van der Waals surface area contributed by atoms with Crippen molar-refractivity contribution in [1.82, 2.24) is 19.7 Å². The fraction of sp³-hybridized carbons (Fsp3) is 0.200. The molecule has 7 nitrogen and oxygen atoms in total. The van der Waals surface area contributed by atoms with Gasteiger partial charge in [0.15, 0.2) is 17.3 Å². The lowest BCUT2D eigenvalue weighted by atomic mass is 9.84. The molecule has 2 atom stereocenters. The minimum atomic E-state index is -0.637. The minimum absolute atomic E-state index is 0.164. The number of nitrogen functional groups attached to an aromatic ring is 1. The minimum Gasteiger partial charge on any atom is -0.482 e. The Balaban J connectivity index is 1.74. The lowest BCUT2D eigenvalue weighted by Crippen LogP contribution is -2.11. The summed E-state index contributed by atoms with van der Waals surface area (Å²) in [7, 11) is 0. The van der Waals surface area contributed by atoms with Crippen LogP contribution < -0.4 is 10.5 Å². The van der Waals surface area contributed by atoms with E-state index in [-0.39, 0.29) is 11.5 Å². The molecule has 0 aliphatic carbocycles. The fourth-order valence-corrected chi connectivity index (χ4v) is 5.10. The summed E-state index contributed by atoms with van der Waals surface area (Å²) in [5, 5.41) is 14.3. The first-order valence-corrected chi connectivity index (χ1v) is 10.8. The van der Waals surface area contributed by atoms with Crippen LogP contribution in [0.4, 0.5) is 14.6 Å². The van der Waals surface area contributed by atoms with Gasteiger partial charge in [-0.05, 0) is 37.1 Å². The first-order valence-electron chi connectivity index (χ1n) is 10.8. The van der Waals surface area contributed by atoms with Crippen molar-refractivity contribution in [3.8, 4) is 34.1 Å². The summed E-state index contributed by atoms with van der Waals surface area (Å²) < 4.78 is 37.7. The van der Waals surface area contributed by atoms with E-state index in [9.17, 15) is 9.65 Å². The van der Waals surface area contributed by atoms with Crippen molar-refractivity contribution in [1.29, 1.82) is 5.26 Å². The van der Waals surface area contributed by atoms with Crippen molar-refractivity contribution >= 4 is 5.82 Å². The Labute approximate surface area is 193 Å². The number of ether oxygens (including phenoxy) is 1. The molecule has 1 unspecified atom stereocenters. The van der Waals surface area contributed by atoms with Gasteiger partial charge in [0.2, 0.25) is 0 Å². The van der Waals surface area contributed by atoms with E-state index < -0.39 is 23.7 Å². The van der Waals surface area contributed by atoms with Crippen molar-refractivity contribution in [3.05, 3.63) is 77.0 Å². The summed E-state index contributed by atoms with van der Waals surface area (Å²) >= 11 is 0. The molecular weight excluding hydrogens is 438 g/mol. The van der Waals surface area contributed by atoms with Crippen molar-refractivity contribution in [3.63, 3.8) is 0 Å². The van der Waals surface area contributed by atoms with E-state index in [0.717, 1.165) is 5.69 Å². The number of nitrogens with zero attached hydrogens (tertiary/aromatic N) is 5. The molecule has 6 rings (SSSR count). The van der Waals surface area contributed by atoms with Gasteiger partial charge in [0.25, 0.3) is 0 Å². The third-order valence-corrected chi connectivity index (χ3v) is 6.56. The van der Waals surface area contributed by atoms with E-state index in [2.05, 4.69) is 21.1 Å². The molecule has 2 aliphatic heterocycles. The second-order valence-corrected chi connectivity index (χ2v) is 8.47. The normalized spacial score (nSPS) is 17.9. The molecule has 0 spiro atoms. The van der Waals surface area contributed by atoms with E-state index in [0.29, 0.717) is 52.1 Å². The average molecular weight is 456 g/mol. The van der Waals surface area contributed by atoms with Gasteiger partial charge in [-0.15, -0.1) is 0 Å². The lowest BCUT2D eigenvalue weighted by molar-refractivity contribution is 0.228. The van der Waals surface area contributed by atoms with Crippen LogP contribution in [0, 0.1) is 23.0 Å². The Morgan fingerprint density at radius 3 is 2.85 bits per heavy atom. The molecule has 3 aromatic heterocycles. The molecule has 2 N–H and O–H groups in total. The molecule has 4 aromatic rings. The predicted molar refractivity (Wildman–Crippen MR) is 120 cm³/mol. The highest BCUT2D eigenvalue weighted by Crippen LogP contribution is 2.47. The van der Waals surface area contributed by atoms with E-state index in [1.807, 2.05) is 0 Å². The number of pyridine rings is 2. The predicted octanol–water partition coefficient (Wildman–Crippen LogP) is 4.73. The topological polar surface area (TPSA) is 103 Å². The lowest BCUT2D eigenvalue weighted by Gasteiger charge is -2.24. The second-order valence-electron chi connectivity index (χ2n) is 8.47. The van der Waals surface area contributed by atoms with Crippen LogP contribution in [0.25, 0.3) is 22.3 Å². The number of aryl methyl sites for hydroxylation is 1. The highest BCUT2D eigenvalue weighted by atomic mass is 19.1. The van der Waals surface area contributed by atoms with Crippen molar-refractivity contribution < 1.29 is 13.5 Å². The largest absolute Gasteiger partial charge is 0.482 e. The van der Waals surface area contributed by atoms with Crippen LogP contribution in [0.3, 0.4) is 0 Å². The maximum absolute atomic E-state index is 15.5. The monoisotopic (exact) mass is 456 g/mol. The number of hydrogen-bond donors (Lipinski definition) is 1. The zero-order chi connectivity index (χ0) is 23.6. The van der Waals surface area contributed by atoms with E-state index >= 15 is 4.39 Å². The Hall–Kier alpha value is -4.32. The van der Waals surface area contributed by atoms with Crippen LogP contribution in [-0.4, -0.2) is 19.7 Å². The fourth-order valence-electron chi connectivity index (χ4n) is 5.10. The zero-order valence-corrected chi connectivity index (χ0v) is 18.1. The highest BCUT2D eigenvalue weighted by molar-refractivity contribution is 5.78. The Morgan fingerprint density at radius 2 is 2.03 bits per heavy atom. The summed E-state index contributed by atoms with van der Waals surface area (Å²) in [5.74, 6) is -0.836. The summed E-state index contributed by atoms with van der Waals surface area (Å²) in [6, 6.07) is 8.19. The van der Waals surface area contributed by atoms with Gasteiger partial charge >= 0.3 is 0 Å². The van der Waals surface area contributed by atoms with Crippen molar-refractivity contribution in [2.75, 3.05) is 5.73 Å². The molecule has 2 aliphatic rings. The molecule has 168 valence electrons. The SMILES string of the molecule is C[C@H]1Oc2cc(cnc2N)-c2c(C#N)nn3c2C(CC3)c2c(F)cncc2-c2ccc(F)cc21. The third kappa shape index (κ3) is 2.88. The maximum atomic E-state index is 15.5. The van der Waals surface area contributed by atoms with Crippen LogP contribution in [0.1, 0.15) is 47.9 Å². The van der Waals surface area contributed by atoms with Crippen LogP contribution in [-0.2, 0) is 6.54 Å². The number of hydrogen-bond acceptors (Lipinski definition) is 6. The number of benzene rings is 1. The number of halogens is 2. The Morgan fingerprint density at radius 1 is 1.18 bits per heavy atom. The Kier molecular flexibility index (Phi) is 4.39.